The van der Waals surface area contributed by atoms with E-state index in [0.717, 1.165) is 0 Å². The second-order valence-corrected chi connectivity index (χ2v) is 6.16. The molecule has 0 amide bonds. The lowest BCUT2D eigenvalue weighted by molar-refractivity contribution is -0.136. The number of esters is 1. The molecule has 0 fully saturated rings. The lowest BCUT2D eigenvalue weighted by atomic mass is 10.2. The predicted octanol–water partition coefficient (Wildman–Crippen LogP) is 4.25. The van der Waals surface area contributed by atoms with Gasteiger partial charge in [-0.25, -0.2) is 4.79 Å². The van der Waals surface area contributed by atoms with Crippen molar-refractivity contribution in [2.45, 2.75) is 6.92 Å². The van der Waals surface area contributed by atoms with Gasteiger partial charge in [-0.05, 0) is 42.1 Å². The third-order valence-electron chi connectivity index (χ3n) is 3.09. The van der Waals surface area contributed by atoms with Gasteiger partial charge < -0.3 is 14.2 Å². The quantitative estimate of drug-likeness (QED) is 0.389. The van der Waals surface area contributed by atoms with E-state index < -0.39 is 5.97 Å². The Labute approximate surface area is 154 Å². The summed E-state index contributed by atoms with van der Waals surface area (Å²) in [4.78, 5) is 24.1. The fourth-order valence-corrected chi connectivity index (χ4v) is 2.95. The molecule has 0 aliphatic rings. The van der Waals surface area contributed by atoms with Crippen LogP contribution in [0.4, 0.5) is 0 Å². The zero-order valence-electron chi connectivity index (χ0n) is 13.8. The summed E-state index contributed by atoms with van der Waals surface area (Å²) >= 11 is 7.45. The van der Waals surface area contributed by atoms with Crippen molar-refractivity contribution >= 4 is 40.8 Å². The van der Waals surface area contributed by atoms with Crippen LogP contribution in [0, 0.1) is 0 Å². The molecule has 0 aliphatic heterocycles. The number of ketones is 1. The number of ether oxygens (including phenoxy) is 3. The van der Waals surface area contributed by atoms with Crippen LogP contribution in [-0.2, 0) is 9.53 Å². The summed E-state index contributed by atoms with van der Waals surface area (Å²) in [6, 6.07) is 6.80. The Morgan fingerprint density at radius 2 is 2.12 bits per heavy atom. The largest absolute Gasteiger partial charge is 0.491 e. The van der Waals surface area contributed by atoms with Crippen LogP contribution < -0.4 is 9.47 Å². The zero-order valence-corrected chi connectivity index (χ0v) is 15.4. The average molecular weight is 381 g/mol. The lowest BCUT2D eigenvalue weighted by Crippen LogP contribution is -2.11. The molecule has 2 aromatic rings. The van der Waals surface area contributed by atoms with Crippen LogP contribution in [0.15, 0.2) is 35.7 Å². The molecule has 0 unspecified atom stereocenters. The van der Waals surface area contributed by atoms with Crippen molar-refractivity contribution in [2.24, 2.45) is 0 Å². The Kier molecular flexibility index (Phi) is 7.03. The number of hydrogen-bond acceptors (Lipinski definition) is 6. The normalized spacial score (nSPS) is 10.7. The molecule has 0 spiro atoms. The van der Waals surface area contributed by atoms with E-state index in [1.807, 2.05) is 6.92 Å². The standard InChI is InChI=1S/C18H17ClO5S/c1-3-23-15-10-12(9-13(19)18(15)22-2)6-7-17(21)24-11-14(20)16-5-4-8-25-16/h4-10H,3,11H2,1-2H3/b7-6+. The highest BCUT2D eigenvalue weighted by Crippen LogP contribution is 2.36. The molecule has 0 saturated carbocycles. The Morgan fingerprint density at radius 1 is 1.32 bits per heavy atom. The number of benzene rings is 1. The van der Waals surface area contributed by atoms with Crippen LogP contribution >= 0.6 is 22.9 Å². The van der Waals surface area contributed by atoms with E-state index in [1.54, 1.807) is 29.6 Å². The van der Waals surface area contributed by atoms with Crippen LogP contribution in [0.1, 0.15) is 22.2 Å². The molecule has 2 rings (SSSR count). The first-order valence-electron chi connectivity index (χ1n) is 7.47. The maximum atomic E-state index is 11.8. The molecular formula is C18H17ClO5S. The summed E-state index contributed by atoms with van der Waals surface area (Å²) < 4.78 is 15.6. The molecule has 1 heterocycles. The summed E-state index contributed by atoms with van der Waals surface area (Å²) in [5.74, 6) is 0.0702. The van der Waals surface area contributed by atoms with Crippen molar-refractivity contribution in [3.05, 3.63) is 51.2 Å². The molecule has 0 aliphatic carbocycles. The fourth-order valence-electron chi connectivity index (χ4n) is 2.00. The highest BCUT2D eigenvalue weighted by atomic mass is 35.5. The van der Waals surface area contributed by atoms with Crippen molar-refractivity contribution in [2.75, 3.05) is 20.3 Å². The van der Waals surface area contributed by atoms with Crippen molar-refractivity contribution in [3.63, 3.8) is 0 Å². The van der Waals surface area contributed by atoms with E-state index in [0.29, 0.717) is 33.6 Å². The molecule has 0 radical (unpaired) electrons. The van der Waals surface area contributed by atoms with Gasteiger partial charge in [-0.15, -0.1) is 11.3 Å². The molecule has 0 atom stereocenters. The molecular weight excluding hydrogens is 364 g/mol. The highest BCUT2D eigenvalue weighted by Gasteiger charge is 2.11. The van der Waals surface area contributed by atoms with Gasteiger partial charge in [0.15, 0.2) is 18.1 Å². The number of Topliss-reactive ketones (excluding diaryl/α,β-unsaturated/α-hetero) is 1. The summed E-state index contributed by atoms with van der Waals surface area (Å²) in [5.41, 5.74) is 0.649. The van der Waals surface area contributed by atoms with Gasteiger partial charge in [0.2, 0.25) is 5.78 Å². The number of methoxy groups -OCH3 is 1. The second-order valence-electron chi connectivity index (χ2n) is 4.81. The summed E-state index contributed by atoms with van der Waals surface area (Å²) in [7, 11) is 1.50. The van der Waals surface area contributed by atoms with Crippen molar-refractivity contribution < 1.29 is 23.8 Å². The molecule has 0 N–H and O–H groups in total. The second kappa shape index (κ2) is 9.25. The van der Waals surface area contributed by atoms with E-state index in [9.17, 15) is 9.59 Å². The number of thiophene rings is 1. The number of hydrogen-bond donors (Lipinski definition) is 0. The molecule has 132 valence electrons. The Hall–Kier alpha value is -2.31. The van der Waals surface area contributed by atoms with Crippen LogP contribution in [0.5, 0.6) is 11.5 Å². The smallest absolute Gasteiger partial charge is 0.331 e. The molecule has 7 heteroatoms. The minimum absolute atomic E-state index is 0.233. The molecule has 25 heavy (non-hydrogen) atoms. The first-order valence-corrected chi connectivity index (χ1v) is 8.72. The van der Waals surface area contributed by atoms with Crippen molar-refractivity contribution in [1.82, 2.24) is 0 Å². The fraction of sp³-hybridized carbons (Fsp3) is 0.222. The Morgan fingerprint density at radius 3 is 2.76 bits per heavy atom. The summed E-state index contributed by atoms with van der Waals surface area (Å²) in [5, 5.41) is 2.16. The van der Waals surface area contributed by atoms with Crippen LogP contribution in [0.3, 0.4) is 0 Å². The minimum atomic E-state index is -0.616. The maximum absolute atomic E-state index is 11.8. The Balaban J connectivity index is 2.00. The van der Waals surface area contributed by atoms with Gasteiger partial charge in [0.25, 0.3) is 0 Å². The average Bonchev–Trinajstić information content (AvgIpc) is 3.12. The van der Waals surface area contributed by atoms with E-state index in [-0.39, 0.29) is 12.4 Å². The first kappa shape index (κ1) is 19.0. The van der Waals surface area contributed by atoms with Crippen molar-refractivity contribution in [3.8, 4) is 11.5 Å². The lowest BCUT2D eigenvalue weighted by Gasteiger charge is -2.11. The molecule has 5 nitrogen and oxygen atoms in total. The highest BCUT2D eigenvalue weighted by molar-refractivity contribution is 7.12. The first-order chi connectivity index (χ1) is 12.0. The third-order valence-corrected chi connectivity index (χ3v) is 4.28. The van der Waals surface area contributed by atoms with Gasteiger partial charge in [0.05, 0.1) is 23.6 Å². The summed E-state index contributed by atoms with van der Waals surface area (Å²) in [6.07, 6.45) is 2.77. The summed E-state index contributed by atoms with van der Waals surface area (Å²) in [6.45, 7) is 2.00. The molecule has 0 saturated heterocycles. The number of rotatable bonds is 8. The molecule has 1 aromatic carbocycles. The minimum Gasteiger partial charge on any atom is -0.491 e. The SMILES string of the molecule is CCOc1cc(/C=C/C(=O)OCC(=O)c2cccs2)cc(Cl)c1OC. The van der Waals surface area contributed by atoms with Crippen LogP contribution in [0.25, 0.3) is 6.08 Å². The van der Waals surface area contributed by atoms with Gasteiger partial charge >= 0.3 is 5.97 Å². The molecule has 1 aromatic heterocycles. The molecule has 0 bridgehead atoms. The van der Waals surface area contributed by atoms with Crippen molar-refractivity contribution in [1.29, 1.82) is 0 Å². The van der Waals surface area contributed by atoms with Gasteiger partial charge in [-0.3, -0.25) is 4.79 Å². The van der Waals surface area contributed by atoms with Gasteiger partial charge in [-0.1, -0.05) is 17.7 Å². The van der Waals surface area contributed by atoms with E-state index in [4.69, 9.17) is 25.8 Å². The van der Waals surface area contributed by atoms with Crippen LogP contribution in [-0.4, -0.2) is 32.1 Å². The maximum Gasteiger partial charge on any atom is 0.331 e. The number of carbonyl (C=O) groups is 2. The van der Waals surface area contributed by atoms with Gasteiger partial charge in [0, 0.05) is 6.08 Å². The van der Waals surface area contributed by atoms with E-state index in [2.05, 4.69) is 0 Å². The van der Waals surface area contributed by atoms with Gasteiger partial charge in [0.1, 0.15) is 0 Å². The van der Waals surface area contributed by atoms with E-state index in [1.165, 1.54) is 30.6 Å². The monoisotopic (exact) mass is 380 g/mol. The van der Waals surface area contributed by atoms with E-state index >= 15 is 0 Å². The number of halogens is 1. The zero-order chi connectivity index (χ0) is 18.2. The predicted molar refractivity (Wildman–Crippen MR) is 97.8 cm³/mol. The third kappa shape index (κ3) is 5.34. The number of carbonyl (C=O) groups excluding carboxylic acids is 2. The van der Waals surface area contributed by atoms with Gasteiger partial charge in [-0.2, -0.15) is 0 Å². The van der Waals surface area contributed by atoms with Crippen LogP contribution in [0.2, 0.25) is 5.02 Å². The Bertz CT molecular complexity index is 768. The topological polar surface area (TPSA) is 61.8 Å².